The second-order valence-corrected chi connectivity index (χ2v) is 3.91. The molecule has 5 nitrogen and oxygen atoms in total. The first-order valence-corrected chi connectivity index (χ1v) is 5.42. The molecule has 0 aromatic heterocycles. The third-order valence-electron chi connectivity index (χ3n) is 2.73. The minimum absolute atomic E-state index is 0.0950. The Bertz CT molecular complexity index is 407. The number of hydrogen-bond acceptors (Lipinski definition) is 4. The maximum absolute atomic E-state index is 11.0. The van der Waals surface area contributed by atoms with E-state index in [4.69, 9.17) is 14.6 Å². The summed E-state index contributed by atoms with van der Waals surface area (Å²) in [6.07, 6.45) is 0. The summed E-state index contributed by atoms with van der Waals surface area (Å²) < 4.78 is 10.4. The molecule has 17 heavy (non-hydrogen) atoms. The normalized spacial score (nSPS) is 19.5. The first-order valence-electron chi connectivity index (χ1n) is 5.42. The molecule has 0 spiro atoms. The van der Waals surface area contributed by atoms with E-state index in [1.807, 2.05) is 24.3 Å². The number of methoxy groups -OCH3 is 1. The van der Waals surface area contributed by atoms with Crippen molar-refractivity contribution in [3.8, 4) is 5.75 Å². The van der Waals surface area contributed by atoms with Gasteiger partial charge in [-0.25, -0.2) is 0 Å². The van der Waals surface area contributed by atoms with Crippen molar-refractivity contribution in [2.75, 3.05) is 20.3 Å². The summed E-state index contributed by atoms with van der Waals surface area (Å²) in [6.45, 7) is 0.584. The molecule has 92 valence electrons. The van der Waals surface area contributed by atoms with E-state index >= 15 is 0 Å². The fourth-order valence-electron chi connectivity index (χ4n) is 1.90. The van der Waals surface area contributed by atoms with Crippen LogP contribution in [-0.4, -0.2) is 37.4 Å². The van der Waals surface area contributed by atoms with Gasteiger partial charge in [-0.2, -0.15) is 0 Å². The van der Waals surface area contributed by atoms with Crippen LogP contribution in [0, 0.1) is 0 Å². The molecule has 1 heterocycles. The number of para-hydroxylation sites is 1. The van der Waals surface area contributed by atoms with E-state index in [0.29, 0.717) is 6.61 Å². The van der Waals surface area contributed by atoms with Crippen molar-refractivity contribution < 1.29 is 19.4 Å². The van der Waals surface area contributed by atoms with Crippen LogP contribution in [0.1, 0.15) is 11.6 Å². The van der Waals surface area contributed by atoms with Crippen LogP contribution < -0.4 is 10.1 Å². The Morgan fingerprint density at radius 2 is 2.41 bits per heavy atom. The van der Waals surface area contributed by atoms with Crippen molar-refractivity contribution in [3.63, 3.8) is 0 Å². The molecule has 1 aliphatic heterocycles. The Morgan fingerprint density at radius 1 is 1.65 bits per heavy atom. The Labute approximate surface area is 99.3 Å². The van der Waals surface area contributed by atoms with Gasteiger partial charge in [-0.15, -0.1) is 0 Å². The summed E-state index contributed by atoms with van der Waals surface area (Å²) in [7, 11) is 1.48. The average molecular weight is 237 g/mol. The first-order chi connectivity index (χ1) is 8.22. The summed E-state index contributed by atoms with van der Waals surface area (Å²) >= 11 is 0. The second kappa shape index (κ2) is 5.16. The molecule has 1 aromatic rings. The highest BCUT2D eigenvalue weighted by atomic mass is 16.5. The summed E-state index contributed by atoms with van der Waals surface area (Å²) in [4.78, 5) is 11.0. The number of rotatable bonds is 5. The Balaban J connectivity index is 2.07. The van der Waals surface area contributed by atoms with Crippen LogP contribution in [0.2, 0.25) is 0 Å². The highest BCUT2D eigenvalue weighted by Crippen LogP contribution is 2.31. The molecule has 0 fully saturated rings. The quantitative estimate of drug-likeness (QED) is 0.793. The second-order valence-electron chi connectivity index (χ2n) is 3.91. The summed E-state index contributed by atoms with van der Waals surface area (Å²) in [5.41, 5.74) is 0.995. The molecule has 2 unspecified atom stereocenters. The fraction of sp³-hybridized carbons (Fsp3) is 0.417. The van der Waals surface area contributed by atoms with Crippen molar-refractivity contribution in [1.82, 2.24) is 5.32 Å². The minimum Gasteiger partial charge on any atom is -0.491 e. The van der Waals surface area contributed by atoms with Gasteiger partial charge in [-0.05, 0) is 6.07 Å². The van der Waals surface area contributed by atoms with E-state index in [9.17, 15) is 4.79 Å². The number of carbonyl (C=O) groups is 1. The lowest BCUT2D eigenvalue weighted by Gasteiger charge is -2.18. The predicted octanol–water partition coefficient (Wildman–Crippen LogP) is 0.809. The van der Waals surface area contributed by atoms with Gasteiger partial charge < -0.3 is 14.6 Å². The third kappa shape index (κ3) is 2.57. The number of fused-ring (bicyclic) bond motifs is 1. The summed E-state index contributed by atoms with van der Waals surface area (Å²) in [5, 5.41) is 12.1. The molecule has 2 atom stereocenters. The maximum atomic E-state index is 11.0. The van der Waals surface area contributed by atoms with Crippen molar-refractivity contribution in [3.05, 3.63) is 29.8 Å². The standard InChI is InChI=1S/C12H15NO4/c1-16-6-10(12(14)15)13-9-7-17-11-5-3-2-4-8(9)11/h2-5,9-10,13H,6-7H2,1H3,(H,14,15). The van der Waals surface area contributed by atoms with Crippen LogP contribution >= 0.6 is 0 Å². The topological polar surface area (TPSA) is 67.8 Å². The van der Waals surface area contributed by atoms with Gasteiger partial charge in [0.15, 0.2) is 0 Å². The van der Waals surface area contributed by atoms with E-state index in [1.165, 1.54) is 7.11 Å². The number of carboxylic acid groups (broad SMARTS) is 1. The molecule has 0 saturated carbocycles. The molecule has 5 heteroatoms. The van der Waals surface area contributed by atoms with Crippen LogP contribution in [0.25, 0.3) is 0 Å². The average Bonchev–Trinajstić information content (AvgIpc) is 2.72. The molecule has 0 amide bonds. The zero-order valence-corrected chi connectivity index (χ0v) is 9.55. The molecule has 1 aromatic carbocycles. The van der Waals surface area contributed by atoms with Gasteiger partial charge in [0.25, 0.3) is 0 Å². The molecule has 1 aliphatic rings. The first kappa shape index (κ1) is 11.9. The van der Waals surface area contributed by atoms with Gasteiger partial charge in [0.1, 0.15) is 18.4 Å². The van der Waals surface area contributed by atoms with Crippen molar-refractivity contribution >= 4 is 5.97 Å². The Morgan fingerprint density at radius 3 is 3.12 bits per heavy atom. The molecule has 2 rings (SSSR count). The Hall–Kier alpha value is -1.59. The summed E-state index contributed by atoms with van der Waals surface area (Å²) in [6, 6.07) is 6.80. The van der Waals surface area contributed by atoms with Gasteiger partial charge in [-0.3, -0.25) is 10.1 Å². The number of hydrogen-bond donors (Lipinski definition) is 2. The zero-order chi connectivity index (χ0) is 12.3. The van der Waals surface area contributed by atoms with E-state index < -0.39 is 12.0 Å². The molecule has 0 aliphatic carbocycles. The fourth-order valence-corrected chi connectivity index (χ4v) is 1.90. The zero-order valence-electron chi connectivity index (χ0n) is 9.55. The number of benzene rings is 1. The highest BCUT2D eigenvalue weighted by molar-refractivity contribution is 5.73. The number of carboxylic acids is 1. The van der Waals surface area contributed by atoms with E-state index in [2.05, 4.69) is 5.32 Å². The molecule has 0 saturated heterocycles. The third-order valence-corrected chi connectivity index (χ3v) is 2.73. The molecule has 0 radical (unpaired) electrons. The van der Waals surface area contributed by atoms with Gasteiger partial charge in [0.05, 0.1) is 12.6 Å². The van der Waals surface area contributed by atoms with Crippen LogP contribution in [0.4, 0.5) is 0 Å². The lowest BCUT2D eigenvalue weighted by atomic mass is 10.1. The molecule has 0 bridgehead atoms. The van der Waals surface area contributed by atoms with Crippen LogP contribution in [0.3, 0.4) is 0 Å². The SMILES string of the molecule is COCC(NC1COc2ccccc21)C(=O)O. The smallest absolute Gasteiger partial charge is 0.323 e. The van der Waals surface area contributed by atoms with Gasteiger partial charge >= 0.3 is 5.97 Å². The maximum Gasteiger partial charge on any atom is 0.323 e. The minimum atomic E-state index is -0.920. The predicted molar refractivity (Wildman–Crippen MR) is 61.1 cm³/mol. The van der Waals surface area contributed by atoms with E-state index in [-0.39, 0.29) is 12.6 Å². The van der Waals surface area contributed by atoms with Crippen molar-refractivity contribution in [2.45, 2.75) is 12.1 Å². The Kier molecular flexibility index (Phi) is 3.61. The van der Waals surface area contributed by atoms with E-state index in [1.54, 1.807) is 0 Å². The number of aliphatic carboxylic acids is 1. The molecule has 2 N–H and O–H groups in total. The van der Waals surface area contributed by atoms with Crippen molar-refractivity contribution in [2.24, 2.45) is 0 Å². The molecular formula is C12H15NO4. The van der Waals surface area contributed by atoms with E-state index in [0.717, 1.165) is 11.3 Å². The van der Waals surface area contributed by atoms with Gasteiger partial charge in [0.2, 0.25) is 0 Å². The van der Waals surface area contributed by atoms with Gasteiger partial charge in [0, 0.05) is 12.7 Å². The number of ether oxygens (including phenoxy) is 2. The van der Waals surface area contributed by atoms with Crippen LogP contribution in [0.15, 0.2) is 24.3 Å². The van der Waals surface area contributed by atoms with Crippen LogP contribution in [-0.2, 0) is 9.53 Å². The van der Waals surface area contributed by atoms with Crippen molar-refractivity contribution in [1.29, 1.82) is 0 Å². The summed E-state index contributed by atoms with van der Waals surface area (Å²) in [5.74, 6) is -0.109. The number of nitrogens with one attached hydrogen (secondary N) is 1. The largest absolute Gasteiger partial charge is 0.491 e. The van der Waals surface area contributed by atoms with Gasteiger partial charge in [-0.1, -0.05) is 18.2 Å². The lowest BCUT2D eigenvalue weighted by Crippen LogP contribution is -2.42. The monoisotopic (exact) mass is 237 g/mol. The molecular weight excluding hydrogens is 222 g/mol. The van der Waals surface area contributed by atoms with Crippen LogP contribution in [0.5, 0.6) is 5.75 Å². The highest BCUT2D eigenvalue weighted by Gasteiger charge is 2.28. The lowest BCUT2D eigenvalue weighted by molar-refractivity contribution is -0.141.